The van der Waals surface area contributed by atoms with Gasteiger partial charge in [0.1, 0.15) is 23.3 Å². The minimum atomic E-state index is -0.676. The van der Waals surface area contributed by atoms with Gasteiger partial charge >= 0.3 is 0 Å². The minimum Gasteiger partial charge on any atom is -0.350 e. The van der Waals surface area contributed by atoms with Gasteiger partial charge in [0.25, 0.3) is 0 Å². The Morgan fingerprint density at radius 3 is 2.50 bits per heavy atom. The fourth-order valence-corrected chi connectivity index (χ4v) is 2.72. The second kappa shape index (κ2) is 7.18. The molecule has 142 valence electrons. The van der Waals surface area contributed by atoms with Gasteiger partial charge in [0, 0.05) is 41.4 Å². The van der Waals surface area contributed by atoms with Gasteiger partial charge < -0.3 is 10.6 Å². The topological polar surface area (TPSA) is 78.5 Å². The average molecular weight is 384 g/mol. The van der Waals surface area contributed by atoms with E-state index in [9.17, 15) is 13.2 Å². The van der Waals surface area contributed by atoms with Crippen molar-refractivity contribution in [3.8, 4) is 0 Å². The molecule has 0 atom stereocenters. The summed E-state index contributed by atoms with van der Waals surface area (Å²) in [4.78, 5) is 8.67. The molecule has 4 aromatic rings. The maximum absolute atomic E-state index is 13.8. The Bertz CT molecular complexity index is 1160. The maximum Gasteiger partial charge on any atom is 0.225 e. The monoisotopic (exact) mass is 384 g/mol. The van der Waals surface area contributed by atoms with Crippen molar-refractivity contribution in [2.24, 2.45) is 0 Å². The Morgan fingerprint density at radius 2 is 1.75 bits per heavy atom. The summed E-state index contributed by atoms with van der Waals surface area (Å²) in [6, 6.07) is 9.26. The summed E-state index contributed by atoms with van der Waals surface area (Å²) in [6.45, 7) is 1.89. The van der Waals surface area contributed by atoms with E-state index in [2.05, 4.69) is 30.8 Å². The second-order valence-electron chi connectivity index (χ2n) is 6.21. The third-order valence-corrected chi connectivity index (χ3v) is 4.06. The van der Waals surface area contributed by atoms with Crippen molar-refractivity contribution in [1.82, 2.24) is 20.2 Å². The molecule has 6 nitrogen and oxygen atoms in total. The lowest BCUT2D eigenvalue weighted by Gasteiger charge is -2.11. The largest absolute Gasteiger partial charge is 0.350 e. The van der Waals surface area contributed by atoms with Gasteiger partial charge in [-0.3, -0.25) is 5.10 Å². The normalized spacial score (nSPS) is 11.0. The molecule has 0 bridgehead atoms. The number of H-pyrrole nitrogens is 1. The molecule has 2 aromatic carbocycles. The van der Waals surface area contributed by atoms with Gasteiger partial charge in [-0.15, -0.1) is 0 Å². The molecule has 0 amide bonds. The summed E-state index contributed by atoms with van der Waals surface area (Å²) >= 11 is 0. The van der Waals surface area contributed by atoms with Crippen molar-refractivity contribution in [2.45, 2.75) is 13.5 Å². The van der Waals surface area contributed by atoms with E-state index in [-0.39, 0.29) is 18.1 Å². The summed E-state index contributed by atoms with van der Waals surface area (Å²) in [7, 11) is 0. The van der Waals surface area contributed by atoms with E-state index in [1.807, 2.05) is 6.92 Å². The first-order valence-electron chi connectivity index (χ1n) is 8.42. The molecule has 0 saturated heterocycles. The Hall–Kier alpha value is -3.62. The summed E-state index contributed by atoms with van der Waals surface area (Å²) in [5.74, 6) is -0.653. The van der Waals surface area contributed by atoms with Crippen LogP contribution in [0.25, 0.3) is 10.9 Å². The lowest BCUT2D eigenvalue weighted by molar-refractivity contribution is 0.574. The number of aromatic amines is 1. The third-order valence-electron chi connectivity index (χ3n) is 4.06. The molecular formula is C19H15F3N6. The number of aryl methyl sites for hydroxylation is 1. The third kappa shape index (κ3) is 3.73. The van der Waals surface area contributed by atoms with Crippen LogP contribution in [0.15, 0.2) is 42.5 Å². The maximum atomic E-state index is 13.8. The smallest absolute Gasteiger partial charge is 0.225 e. The predicted molar refractivity (Wildman–Crippen MR) is 99.8 cm³/mol. The number of halogens is 3. The van der Waals surface area contributed by atoms with Gasteiger partial charge in [-0.05, 0) is 25.1 Å². The first kappa shape index (κ1) is 17.8. The van der Waals surface area contributed by atoms with Gasteiger partial charge in [-0.1, -0.05) is 6.07 Å². The number of fused-ring (bicyclic) bond motifs is 1. The highest BCUT2D eigenvalue weighted by molar-refractivity contribution is 5.91. The van der Waals surface area contributed by atoms with Crippen LogP contribution in [0.3, 0.4) is 0 Å². The fraction of sp³-hybridized carbons (Fsp3) is 0.105. The van der Waals surface area contributed by atoms with Gasteiger partial charge in [0.15, 0.2) is 5.82 Å². The molecule has 0 spiro atoms. The lowest BCUT2D eigenvalue weighted by Crippen LogP contribution is -2.07. The van der Waals surface area contributed by atoms with E-state index in [1.165, 1.54) is 24.3 Å². The Labute approximate surface area is 157 Å². The number of benzene rings is 2. The molecule has 0 unspecified atom stereocenters. The van der Waals surface area contributed by atoms with Gasteiger partial charge in [0.2, 0.25) is 5.95 Å². The summed E-state index contributed by atoms with van der Waals surface area (Å²) in [6.07, 6.45) is 0. The van der Waals surface area contributed by atoms with E-state index in [0.717, 1.165) is 11.8 Å². The van der Waals surface area contributed by atoms with E-state index in [0.29, 0.717) is 22.5 Å². The van der Waals surface area contributed by atoms with Gasteiger partial charge in [-0.25, -0.2) is 18.2 Å². The summed E-state index contributed by atoms with van der Waals surface area (Å²) in [5, 5.41) is 13.5. The number of hydrogen-bond acceptors (Lipinski definition) is 5. The SMILES string of the molecule is Cc1cc(Nc2nc(NCc3ccc(F)cc3F)nc3cc(F)ccc23)n[nH]1. The molecule has 0 saturated carbocycles. The van der Waals surface area contributed by atoms with Crippen LogP contribution >= 0.6 is 0 Å². The standard InChI is InChI=1S/C19H15F3N6/c1-10-6-17(28-27-10)25-18-14-5-4-13(21)8-16(14)24-19(26-18)23-9-11-2-3-12(20)7-15(11)22/h2-8H,9H2,1H3,(H3,23,24,25,26,27,28). The van der Waals surface area contributed by atoms with Crippen molar-refractivity contribution >= 4 is 28.5 Å². The van der Waals surface area contributed by atoms with E-state index in [1.54, 1.807) is 12.1 Å². The minimum absolute atomic E-state index is 0.0356. The second-order valence-corrected chi connectivity index (χ2v) is 6.21. The highest BCUT2D eigenvalue weighted by Crippen LogP contribution is 2.26. The molecular weight excluding hydrogens is 369 g/mol. The Morgan fingerprint density at radius 1 is 0.964 bits per heavy atom. The number of hydrogen-bond donors (Lipinski definition) is 3. The Kier molecular flexibility index (Phi) is 4.56. The molecule has 4 rings (SSSR count). The number of nitrogens with one attached hydrogen (secondary N) is 3. The number of aromatic nitrogens is 4. The molecule has 2 heterocycles. The zero-order valence-corrected chi connectivity index (χ0v) is 14.7. The molecule has 0 aliphatic carbocycles. The first-order valence-corrected chi connectivity index (χ1v) is 8.42. The average Bonchev–Trinajstić information content (AvgIpc) is 3.05. The molecule has 2 aromatic heterocycles. The number of rotatable bonds is 5. The first-order chi connectivity index (χ1) is 13.5. The highest BCUT2D eigenvalue weighted by atomic mass is 19.1. The molecule has 28 heavy (non-hydrogen) atoms. The van der Waals surface area contributed by atoms with Crippen LogP contribution in [-0.4, -0.2) is 20.2 Å². The molecule has 0 fully saturated rings. The zero-order valence-electron chi connectivity index (χ0n) is 14.7. The fourth-order valence-electron chi connectivity index (χ4n) is 2.72. The van der Waals surface area contributed by atoms with Crippen molar-refractivity contribution in [2.75, 3.05) is 10.6 Å². The van der Waals surface area contributed by atoms with Crippen LogP contribution in [0.5, 0.6) is 0 Å². The van der Waals surface area contributed by atoms with Crippen LogP contribution < -0.4 is 10.6 Å². The van der Waals surface area contributed by atoms with Crippen LogP contribution in [0.1, 0.15) is 11.3 Å². The molecule has 0 aliphatic heterocycles. The molecule has 0 radical (unpaired) electrons. The van der Waals surface area contributed by atoms with Crippen LogP contribution in [0, 0.1) is 24.4 Å². The van der Waals surface area contributed by atoms with E-state index in [4.69, 9.17) is 0 Å². The summed E-state index contributed by atoms with van der Waals surface area (Å²) < 4.78 is 40.5. The van der Waals surface area contributed by atoms with Crippen LogP contribution in [0.2, 0.25) is 0 Å². The zero-order chi connectivity index (χ0) is 19.7. The van der Waals surface area contributed by atoms with Crippen LogP contribution in [0.4, 0.5) is 30.8 Å². The molecule has 3 N–H and O–H groups in total. The molecule has 9 heteroatoms. The quantitative estimate of drug-likeness (QED) is 0.474. The van der Waals surface area contributed by atoms with E-state index < -0.39 is 17.5 Å². The number of nitrogens with zero attached hydrogens (tertiary/aromatic N) is 3. The molecule has 0 aliphatic rings. The van der Waals surface area contributed by atoms with Crippen molar-refractivity contribution in [3.05, 3.63) is 71.2 Å². The van der Waals surface area contributed by atoms with E-state index >= 15 is 0 Å². The van der Waals surface area contributed by atoms with Crippen molar-refractivity contribution < 1.29 is 13.2 Å². The highest BCUT2D eigenvalue weighted by Gasteiger charge is 2.11. The van der Waals surface area contributed by atoms with Gasteiger partial charge in [0.05, 0.1) is 5.52 Å². The van der Waals surface area contributed by atoms with Crippen molar-refractivity contribution in [3.63, 3.8) is 0 Å². The Balaban J connectivity index is 1.67. The summed E-state index contributed by atoms with van der Waals surface area (Å²) in [5.41, 5.74) is 1.48. The van der Waals surface area contributed by atoms with Gasteiger partial charge in [-0.2, -0.15) is 10.1 Å². The van der Waals surface area contributed by atoms with Crippen LogP contribution in [-0.2, 0) is 6.54 Å². The predicted octanol–water partition coefficient (Wildman–Crippen LogP) is 4.43. The van der Waals surface area contributed by atoms with Crippen molar-refractivity contribution in [1.29, 1.82) is 0 Å². The number of anilines is 3. The lowest BCUT2D eigenvalue weighted by atomic mass is 10.2.